The van der Waals surface area contributed by atoms with Gasteiger partial charge in [0.25, 0.3) is 8.32 Å². The SMILES string of the molecule is CC(C)(C)[Si](OC[C@H](CCCCO)NC(=O)O)(c1ccccc1)c1ccccc1. The van der Waals surface area contributed by atoms with E-state index in [1.807, 2.05) is 36.4 Å². The summed E-state index contributed by atoms with van der Waals surface area (Å²) in [4.78, 5) is 11.3. The van der Waals surface area contributed by atoms with Gasteiger partial charge in [-0.2, -0.15) is 0 Å². The van der Waals surface area contributed by atoms with Gasteiger partial charge in [0.05, 0.1) is 12.6 Å². The van der Waals surface area contributed by atoms with Crippen LogP contribution in [0.5, 0.6) is 0 Å². The topological polar surface area (TPSA) is 78.8 Å². The van der Waals surface area contributed by atoms with Crippen LogP contribution in [0.3, 0.4) is 0 Å². The number of aliphatic hydroxyl groups excluding tert-OH is 1. The summed E-state index contributed by atoms with van der Waals surface area (Å²) in [5, 5.41) is 23.1. The first-order chi connectivity index (χ1) is 13.8. The van der Waals surface area contributed by atoms with Crippen molar-refractivity contribution in [2.45, 2.75) is 51.1 Å². The standard InChI is InChI=1S/C23H33NO4Si/c1-23(2,3)29(20-13-6-4-7-14-20,21-15-8-5-9-16-21)28-18-19(24-22(26)27)12-10-11-17-25/h4-9,13-16,19,24-25H,10-12,17-18H2,1-3H3,(H,26,27)/t19-/m0/s1. The van der Waals surface area contributed by atoms with Gasteiger partial charge in [0.15, 0.2) is 0 Å². The minimum absolute atomic E-state index is 0.107. The maximum Gasteiger partial charge on any atom is 0.404 e. The number of carbonyl (C=O) groups is 1. The van der Waals surface area contributed by atoms with Gasteiger partial charge in [-0.05, 0) is 34.7 Å². The van der Waals surface area contributed by atoms with Crippen LogP contribution in [0.25, 0.3) is 0 Å². The third-order valence-corrected chi connectivity index (χ3v) is 10.2. The second-order valence-electron chi connectivity index (χ2n) is 8.34. The molecule has 0 saturated heterocycles. The van der Waals surface area contributed by atoms with E-state index in [2.05, 4.69) is 50.4 Å². The third kappa shape index (κ3) is 5.92. The molecule has 3 N–H and O–H groups in total. The second kappa shape index (κ2) is 10.6. The number of carboxylic acid groups (broad SMARTS) is 1. The number of nitrogens with one attached hydrogen (secondary N) is 1. The normalized spacial score (nSPS) is 13.1. The van der Waals surface area contributed by atoms with Crippen LogP contribution in [-0.4, -0.2) is 43.9 Å². The molecule has 1 atom stereocenters. The van der Waals surface area contributed by atoms with Crippen LogP contribution < -0.4 is 15.7 Å². The van der Waals surface area contributed by atoms with Crippen molar-refractivity contribution in [1.29, 1.82) is 0 Å². The molecule has 0 saturated carbocycles. The number of aliphatic hydroxyl groups is 1. The Hall–Kier alpha value is -2.15. The molecule has 0 radical (unpaired) electrons. The van der Waals surface area contributed by atoms with Crippen molar-refractivity contribution >= 4 is 24.8 Å². The zero-order valence-corrected chi connectivity index (χ0v) is 18.6. The van der Waals surface area contributed by atoms with E-state index in [0.29, 0.717) is 19.4 Å². The Morgan fingerprint density at radius 3 is 1.93 bits per heavy atom. The van der Waals surface area contributed by atoms with Crippen LogP contribution in [-0.2, 0) is 4.43 Å². The number of hydrogen-bond donors (Lipinski definition) is 3. The summed E-state index contributed by atoms with van der Waals surface area (Å²) in [6.07, 6.45) is 0.971. The van der Waals surface area contributed by atoms with E-state index >= 15 is 0 Å². The van der Waals surface area contributed by atoms with Gasteiger partial charge in [0.1, 0.15) is 0 Å². The Bertz CT molecular complexity index is 707. The number of unbranched alkanes of at least 4 members (excludes halogenated alkanes) is 1. The summed E-state index contributed by atoms with van der Waals surface area (Å²) < 4.78 is 6.81. The lowest BCUT2D eigenvalue weighted by Crippen LogP contribution is -2.67. The first-order valence-electron chi connectivity index (χ1n) is 10.2. The van der Waals surface area contributed by atoms with Gasteiger partial charge >= 0.3 is 6.09 Å². The van der Waals surface area contributed by atoms with Crippen molar-refractivity contribution in [3.63, 3.8) is 0 Å². The van der Waals surface area contributed by atoms with Gasteiger partial charge in [-0.15, -0.1) is 0 Å². The highest BCUT2D eigenvalue weighted by molar-refractivity contribution is 6.99. The van der Waals surface area contributed by atoms with Gasteiger partial charge in [-0.3, -0.25) is 0 Å². The lowest BCUT2D eigenvalue weighted by atomic mass is 10.1. The molecule has 29 heavy (non-hydrogen) atoms. The van der Waals surface area contributed by atoms with E-state index in [-0.39, 0.29) is 17.7 Å². The summed E-state index contributed by atoms with van der Waals surface area (Å²) in [7, 11) is -2.69. The Morgan fingerprint density at radius 2 is 1.52 bits per heavy atom. The van der Waals surface area contributed by atoms with E-state index < -0.39 is 14.4 Å². The molecule has 2 rings (SSSR count). The molecule has 6 heteroatoms. The molecule has 0 aliphatic carbocycles. The average molecular weight is 416 g/mol. The summed E-state index contributed by atoms with van der Waals surface area (Å²) in [5.41, 5.74) is 0. The average Bonchev–Trinajstić information content (AvgIpc) is 2.68. The zero-order valence-electron chi connectivity index (χ0n) is 17.6. The van der Waals surface area contributed by atoms with Crippen LogP contribution in [0.2, 0.25) is 5.04 Å². The highest BCUT2D eigenvalue weighted by atomic mass is 28.4. The third-order valence-electron chi connectivity index (χ3n) is 5.21. The molecule has 1 amide bonds. The van der Waals surface area contributed by atoms with Crippen LogP contribution >= 0.6 is 0 Å². The molecular formula is C23H33NO4Si. The predicted octanol–water partition coefficient (Wildman–Crippen LogP) is 3.36. The maximum absolute atomic E-state index is 11.3. The molecule has 0 fully saturated rings. The lowest BCUT2D eigenvalue weighted by Gasteiger charge is -2.43. The van der Waals surface area contributed by atoms with E-state index in [0.717, 1.165) is 6.42 Å². The van der Waals surface area contributed by atoms with Gasteiger partial charge in [0.2, 0.25) is 0 Å². The molecule has 158 valence electrons. The second-order valence-corrected chi connectivity index (χ2v) is 12.6. The van der Waals surface area contributed by atoms with E-state index in [9.17, 15) is 9.90 Å². The molecule has 0 aliphatic heterocycles. The molecule has 0 aromatic heterocycles. The lowest BCUT2D eigenvalue weighted by molar-refractivity contribution is 0.176. The van der Waals surface area contributed by atoms with Crippen LogP contribution in [0, 0.1) is 0 Å². The summed E-state index contributed by atoms with van der Waals surface area (Å²) in [6, 6.07) is 20.3. The quantitative estimate of drug-likeness (QED) is 0.411. The van der Waals surface area contributed by atoms with Crippen molar-refractivity contribution in [3.8, 4) is 0 Å². The summed E-state index contributed by atoms with van der Waals surface area (Å²) in [6.45, 7) is 7.00. The van der Waals surface area contributed by atoms with Crippen molar-refractivity contribution in [2.24, 2.45) is 0 Å². The Morgan fingerprint density at radius 1 is 1.00 bits per heavy atom. The molecule has 2 aromatic rings. The van der Waals surface area contributed by atoms with Gasteiger partial charge in [0, 0.05) is 6.61 Å². The minimum Gasteiger partial charge on any atom is -0.465 e. The zero-order chi connectivity index (χ0) is 21.3. The van der Waals surface area contributed by atoms with E-state index in [4.69, 9.17) is 9.53 Å². The fraction of sp³-hybridized carbons (Fsp3) is 0.435. The Kier molecular flexibility index (Phi) is 8.43. The number of amides is 1. The fourth-order valence-corrected chi connectivity index (χ4v) is 8.47. The Labute approximate surface area is 174 Å². The van der Waals surface area contributed by atoms with Gasteiger partial charge in [-0.1, -0.05) is 81.4 Å². The van der Waals surface area contributed by atoms with Crippen LogP contribution in [0.1, 0.15) is 40.0 Å². The summed E-state index contributed by atoms with van der Waals surface area (Å²) >= 11 is 0. The van der Waals surface area contributed by atoms with E-state index in [1.54, 1.807) is 0 Å². The number of hydrogen-bond acceptors (Lipinski definition) is 3. The molecule has 0 aliphatic rings. The fourth-order valence-electron chi connectivity index (χ4n) is 3.86. The maximum atomic E-state index is 11.3. The summed E-state index contributed by atoms with van der Waals surface area (Å²) in [5.74, 6) is 0. The van der Waals surface area contributed by atoms with Crippen LogP contribution in [0.4, 0.5) is 4.79 Å². The Balaban J connectivity index is 2.42. The molecule has 0 unspecified atom stereocenters. The number of rotatable bonds is 10. The van der Waals surface area contributed by atoms with Crippen molar-refractivity contribution in [1.82, 2.24) is 5.32 Å². The molecular weight excluding hydrogens is 382 g/mol. The van der Waals surface area contributed by atoms with Crippen LogP contribution in [0.15, 0.2) is 60.7 Å². The van der Waals surface area contributed by atoms with Gasteiger partial charge in [-0.25, -0.2) is 4.79 Å². The predicted molar refractivity (Wildman–Crippen MR) is 119 cm³/mol. The first kappa shape index (κ1) is 23.1. The first-order valence-corrected chi connectivity index (χ1v) is 12.1. The van der Waals surface area contributed by atoms with Crippen molar-refractivity contribution < 1.29 is 19.4 Å². The minimum atomic E-state index is -2.69. The molecule has 0 spiro atoms. The number of benzene rings is 2. The van der Waals surface area contributed by atoms with Gasteiger partial charge < -0.3 is 20.0 Å². The monoisotopic (exact) mass is 415 g/mol. The molecule has 2 aromatic carbocycles. The largest absolute Gasteiger partial charge is 0.465 e. The molecule has 0 bridgehead atoms. The smallest absolute Gasteiger partial charge is 0.404 e. The van der Waals surface area contributed by atoms with Crippen molar-refractivity contribution in [3.05, 3.63) is 60.7 Å². The van der Waals surface area contributed by atoms with Crippen molar-refractivity contribution in [2.75, 3.05) is 13.2 Å². The van der Waals surface area contributed by atoms with E-state index in [1.165, 1.54) is 10.4 Å². The highest BCUT2D eigenvalue weighted by Crippen LogP contribution is 2.36. The molecule has 0 heterocycles. The highest BCUT2D eigenvalue weighted by Gasteiger charge is 2.50. The molecule has 5 nitrogen and oxygen atoms in total.